The summed E-state index contributed by atoms with van der Waals surface area (Å²) in [5, 5.41) is 3.32. The molecule has 1 unspecified atom stereocenters. The first-order valence-electron chi connectivity index (χ1n) is 10.2. The van der Waals surface area contributed by atoms with Crippen LogP contribution in [0.15, 0.2) is 47.4 Å². The second-order valence-electron chi connectivity index (χ2n) is 7.53. The highest BCUT2D eigenvalue weighted by Gasteiger charge is 2.40. The van der Waals surface area contributed by atoms with Crippen LogP contribution in [0.2, 0.25) is 10.0 Å². The van der Waals surface area contributed by atoms with Crippen molar-refractivity contribution in [2.75, 3.05) is 13.6 Å². The molecule has 1 aliphatic heterocycles. The third kappa shape index (κ3) is 5.15. The Morgan fingerprint density at radius 1 is 1.15 bits per heavy atom. The number of likely N-dealkylation sites (N-methyl/N-ethyl adjacent to an activating group) is 1. The maximum Gasteiger partial charge on any atom is 0.269 e. The van der Waals surface area contributed by atoms with Crippen LogP contribution in [0.4, 0.5) is 0 Å². The average molecular weight is 512 g/mol. The third-order valence-corrected chi connectivity index (χ3v) is 7.86. The molecule has 1 heterocycles. The molecule has 2 aromatic rings. The predicted molar refractivity (Wildman–Crippen MR) is 124 cm³/mol. The molecule has 1 N–H and O–H groups in total. The maximum atomic E-state index is 13.0. The summed E-state index contributed by atoms with van der Waals surface area (Å²) in [4.78, 5) is 39.1. The zero-order valence-electron chi connectivity index (χ0n) is 18.0. The summed E-state index contributed by atoms with van der Waals surface area (Å²) in [5.74, 6) is -1.35. The van der Waals surface area contributed by atoms with E-state index in [0.29, 0.717) is 15.6 Å². The van der Waals surface area contributed by atoms with Crippen LogP contribution >= 0.6 is 23.2 Å². The fourth-order valence-corrected chi connectivity index (χ4v) is 5.67. The molecule has 0 aliphatic carbocycles. The number of fused-ring (bicyclic) bond motifs is 1. The van der Waals surface area contributed by atoms with Gasteiger partial charge in [0, 0.05) is 36.6 Å². The highest BCUT2D eigenvalue weighted by molar-refractivity contribution is 7.90. The number of hydrogen-bond donors (Lipinski definition) is 1. The van der Waals surface area contributed by atoms with E-state index in [9.17, 15) is 22.8 Å². The van der Waals surface area contributed by atoms with Gasteiger partial charge in [-0.05, 0) is 43.2 Å². The number of carbonyl (C=O) groups excluding carboxylic acids is 3. The number of nitrogens with one attached hydrogen (secondary N) is 1. The normalized spacial score (nSPS) is 15.2. The van der Waals surface area contributed by atoms with Crippen LogP contribution in [-0.4, -0.2) is 55.0 Å². The Morgan fingerprint density at radius 3 is 2.48 bits per heavy atom. The summed E-state index contributed by atoms with van der Waals surface area (Å²) in [7, 11) is -2.47. The summed E-state index contributed by atoms with van der Waals surface area (Å²) in [6.07, 6.45) is 0.0330. The molecule has 2 aromatic carbocycles. The highest BCUT2D eigenvalue weighted by Crippen LogP contribution is 2.30. The Bertz CT molecular complexity index is 1200. The average Bonchev–Trinajstić information content (AvgIpc) is 2.98. The number of rotatable bonds is 8. The minimum atomic E-state index is -3.94. The Morgan fingerprint density at radius 2 is 1.85 bits per heavy atom. The second kappa shape index (κ2) is 10.1. The van der Waals surface area contributed by atoms with Crippen molar-refractivity contribution in [3.8, 4) is 0 Å². The second-order valence-corrected chi connectivity index (χ2v) is 10.2. The smallest absolute Gasteiger partial charge is 0.269 e. The lowest BCUT2D eigenvalue weighted by Crippen LogP contribution is -2.46. The number of carbonyl (C=O) groups is 3. The summed E-state index contributed by atoms with van der Waals surface area (Å²) in [6, 6.07) is 10.1. The van der Waals surface area contributed by atoms with Gasteiger partial charge in [0.1, 0.15) is 10.9 Å². The number of halogens is 2. The van der Waals surface area contributed by atoms with Crippen LogP contribution in [0.25, 0.3) is 0 Å². The maximum absolute atomic E-state index is 13.0. The lowest BCUT2D eigenvalue weighted by Gasteiger charge is -2.29. The van der Waals surface area contributed by atoms with Gasteiger partial charge in [-0.1, -0.05) is 41.4 Å². The molecule has 0 aromatic heterocycles. The lowest BCUT2D eigenvalue weighted by atomic mass is 10.1. The van der Waals surface area contributed by atoms with Crippen molar-refractivity contribution in [2.45, 2.75) is 37.2 Å². The van der Waals surface area contributed by atoms with Crippen molar-refractivity contribution >= 4 is 50.9 Å². The van der Waals surface area contributed by atoms with Crippen LogP contribution in [0, 0.1) is 0 Å². The molecule has 3 rings (SSSR count). The van der Waals surface area contributed by atoms with E-state index < -0.39 is 22.0 Å². The number of nitrogens with zero attached hydrogens (tertiary/aromatic N) is 2. The number of amides is 3. The van der Waals surface area contributed by atoms with E-state index >= 15 is 0 Å². The van der Waals surface area contributed by atoms with Gasteiger partial charge in [-0.3, -0.25) is 14.4 Å². The molecule has 8 nitrogen and oxygen atoms in total. The van der Waals surface area contributed by atoms with E-state index in [0.717, 1.165) is 4.31 Å². The molecule has 3 amide bonds. The summed E-state index contributed by atoms with van der Waals surface area (Å²) in [6.45, 7) is 1.51. The first-order chi connectivity index (χ1) is 15.6. The molecule has 11 heteroatoms. The van der Waals surface area contributed by atoms with E-state index in [-0.39, 0.29) is 48.2 Å². The molecule has 0 saturated heterocycles. The van der Waals surface area contributed by atoms with Crippen molar-refractivity contribution in [1.29, 1.82) is 0 Å². The van der Waals surface area contributed by atoms with Gasteiger partial charge in [0.2, 0.25) is 11.8 Å². The Kier molecular flexibility index (Phi) is 7.66. The Hall–Kier alpha value is -2.62. The van der Waals surface area contributed by atoms with Crippen LogP contribution in [0.3, 0.4) is 0 Å². The fourth-order valence-electron chi connectivity index (χ4n) is 3.59. The molecule has 0 bridgehead atoms. The van der Waals surface area contributed by atoms with Crippen LogP contribution in [-0.2, 0) is 26.2 Å². The quantitative estimate of drug-likeness (QED) is 0.586. The van der Waals surface area contributed by atoms with E-state index in [2.05, 4.69) is 5.32 Å². The van der Waals surface area contributed by atoms with Crippen molar-refractivity contribution < 1.29 is 22.8 Å². The number of hydrogen-bond acceptors (Lipinski definition) is 5. The first-order valence-corrected chi connectivity index (χ1v) is 12.4. The predicted octanol–water partition coefficient (Wildman–Crippen LogP) is 3.08. The number of benzene rings is 2. The highest BCUT2D eigenvalue weighted by atomic mass is 35.5. The van der Waals surface area contributed by atoms with E-state index in [1.165, 1.54) is 24.1 Å². The molecule has 1 aliphatic rings. The standard InChI is InChI=1S/C22H23Cl2N3O5S/c1-14(21(29)25-2)26(13-15-9-10-16(23)12-18(15)24)20(28)8-5-11-27-22(30)17-6-3-4-7-19(17)33(27,31)32/h3-4,6-7,9-10,12,14H,5,8,11,13H2,1-2H3,(H,25,29). The van der Waals surface area contributed by atoms with Crippen molar-refractivity contribution in [2.24, 2.45) is 0 Å². The van der Waals surface area contributed by atoms with Gasteiger partial charge in [0.25, 0.3) is 15.9 Å². The van der Waals surface area contributed by atoms with Gasteiger partial charge < -0.3 is 10.2 Å². The van der Waals surface area contributed by atoms with E-state index in [1.807, 2.05) is 0 Å². The fraction of sp³-hybridized carbons (Fsp3) is 0.318. The Labute approximate surface area is 202 Å². The Balaban J connectivity index is 1.72. The minimum absolute atomic E-state index is 0.0337. The monoisotopic (exact) mass is 511 g/mol. The molecule has 176 valence electrons. The first kappa shape index (κ1) is 25.0. The van der Waals surface area contributed by atoms with Crippen molar-refractivity contribution in [3.63, 3.8) is 0 Å². The van der Waals surface area contributed by atoms with E-state index in [4.69, 9.17) is 23.2 Å². The summed E-state index contributed by atoms with van der Waals surface area (Å²) >= 11 is 12.2. The summed E-state index contributed by atoms with van der Waals surface area (Å²) in [5.41, 5.74) is 0.731. The van der Waals surface area contributed by atoms with Gasteiger partial charge in [0.15, 0.2) is 0 Å². The SMILES string of the molecule is CNC(=O)C(C)N(Cc1ccc(Cl)cc1Cl)C(=O)CCCN1C(=O)c2ccccc2S1(=O)=O. The molecular weight excluding hydrogens is 489 g/mol. The van der Waals surface area contributed by atoms with Gasteiger partial charge >= 0.3 is 0 Å². The van der Waals surface area contributed by atoms with Crippen molar-refractivity contribution in [3.05, 3.63) is 63.6 Å². The van der Waals surface area contributed by atoms with Crippen molar-refractivity contribution in [1.82, 2.24) is 14.5 Å². The molecule has 1 atom stereocenters. The van der Waals surface area contributed by atoms with Gasteiger partial charge in [0.05, 0.1) is 5.56 Å². The molecule has 0 spiro atoms. The van der Waals surface area contributed by atoms with E-state index in [1.54, 1.807) is 37.3 Å². The zero-order chi connectivity index (χ0) is 24.3. The molecule has 0 saturated carbocycles. The molecule has 33 heavy (non-hydrogen) atoms. The van der Waals surface area contributed by atoms with Crippen LogP contribution in [0.5, 0.6) is 0 Å². The van der Waals surface area contributed by atoms with Crippen LogP contribution in [0.1, 0.15) is 35.7 Å². The molecular formula is C22H23Cl2N3O5S. The molecule has 0 fully saturated rings. The van der Waals surface area contributed by atoms with Gasteiger partial charge in [-0.15, -0.1) is 0 Å². The third-order valence-electron chi connectivity index (χ3n) is 5.43. The lowest BCUT2D eigenvalue weighted by molar-refractivity contribution is -0.140. The van der Waals surface area contributed by atoms with Gasteiger partial charge in [-0.25, -0.2) is 12.7 Å². The topological polar surface area (TPSA) is 104 Å². The van der Waals surface area contributed by atoms with Crippen LogP contribution < -0.4 is 5.32 Å². The largest absolute Gasteiger partial charge is 0.357 e. The zero-order valence-corrected chi connectivity index (χ0v) is 20.4. The molecule has 0 radical (unpaired) electrons. The number of sulfonamides is 1. The minimum Gasteiger partial charge on any atom is -0.357 e. The van der Waals surface area contributed by atoms with Gasteiger partial charge in [-0.2, -0.15) is 0 Å². The summed E-state index contributed by atoms with van der Waals surface area (Å²) < 4.78 is 26.1.